The fraction of sp³-hybridized carbons (Fsp3) is 0. The van der Waals surface area contributed by atoms with Crippen molar-refractivity contribution < 1.29 is 0 Å². The molecule has 2 nitrogen and oxygen atoms in total. The Labute approximate surface area is 46.5 Å². The first-order valence-electron chi connectivity index (χ1n) is 1.86. The lowest BCUT2D eigenvalue weighted by Crippen LogP contribution is -1.70. The molecule has 1 aromatic rings. The van der Waals surface area contributed by atoms with Crippen LogP contribution in [0.15, 0.2) is 12.3 Å². The SMILES string of the molecule is Cl[CH]c1cc[nH]n1. The minimum absolute atomic E-state index is 0.765. The zero-order chi connectivity index (χ0) is 5.11. The van der Waals surface area contributed by atoms with E-state index in [1.54, 1.807) is 12.3 Å². The summed E-state index contributed by atoms with van der Waals surface area (Å²) in [6, 6.07) is 1.78. The van der Waals surface area contributed by atoms with Crippen molar-refractivity contribution >= 4 is 11.6 Å². The van der Waals surface area contributed by atoms with Crippen molar-refractivity contribution in [2.24, 2.45) is 0 Å². The van der Waals surface area contributed by atoms with Crippen LogP contribution in [0.1, 0.15) is 5.69 Å². The average molecular weight is 116 g/mol. The molecule has 0 spiro atoms. The molecule has 1 N–H and O–H groups in total. The Morgan fingerprint density at radius 3 is 3.00 bits per heavy atom. The Balaban J connectivity index is 2.76. The third-order valence-electron chi connectivity index (χ3n) is 0.634. The standard InChI is InChI=1S/C4H4ClN2/c5-3-4-1-2-6-7-4/h1-3H,(H,6,7). The monoisotopic (exact) mass is 115 g/mol. The highest BCUT2D eigenvalue weighted by Gasteiger charge is 1.86. The number of hydrogen-bond acceptors (Lipinski definition) is 1. The maximum absolute atomic E-state index is 5.26. The summed E-state index contributed by atoms with van der Waals surface area (Å²) in [6.07, 6.45) is 1.72. The smallest absolute Gasteiger partial charge is 0.0995 e. The zero-order valence-electron chi connectivity index (χ0n) is 3.56. The Morgan fingerprint density at radius 1 is 1.86 bits per heavy atom. The molecule has 0 atom stereocenters. The summed E-state index contributed by atoms with van der Waals surface area (Å²) in [6.45, 7) is 0. The van der Waals surface area contributed by atoms with Gasteiger partial charge in [0.25, 0.3) is 0 Å². The third-order valence-corrected chi connectivity index (χ3v) is 0.858. The minimum Gasteiger partial charge on any atom is -0.285 e. The van der Waals surface area contributed by atoms with Crippen molar-refractivity contribution in [2.45, 2.75) is 0 Å². The van der Waals surface area contributed by atoms with Crippen LogP contribution < -0.4 is 0 Å². The molecule has 0 aliphatic heterocycles. The van der Waals surface area contributed by atoms with Crippen molar-refractivity contribution in [3.63, 3.8) is 0 Å². The lowest BCUT2D eigenvalue weighted by Gasteiger charge is -1.74. The molecule has 1 heterocycles. The van der Waals surface area contributed by atoms with Gasteiger partial charge in [0.2, 0.25) is 0 Å². The normalized spacial score (nSPS) is 9.29. The number of nitrogens with zero attached hydrogens (tertiary/aromatic N) is 1. The van der Waals surface area contributed by atoms with E-state index in [0.29, 0.717) is 0 Å². The van der Waals surface area contributed by atoms with Gasteiger partial charge in [-0.05, 0) is 6.07 Å². The van der Waals surface area contributed by atoms with Crippen LogP contribution in [0, 0.1) is 5.88 Å². The molecular weight excluding hydrogens is 112 g/mol. The van der Waals surface area contributed by atoms with Gasteiger partial charge in [-0.1, -0.05) is 0 Å². The van der Waals surface area contributed by atoms with Crippen molar-refractivity contribution in [3.8, 4) is 0 Å². The van der Waals surface area contributed by atoms with Crippen LogP contribution in [0.3, 0.4) is 0 Å². The molecule has 0 aliphatic rings. The fourth-order valence-corrected chi connectivity index (χ4v) is 0.454. The zero-order valence-corrected chi connectivity index (χ0v) is 4.31. The van der Waals surface area contributed by atoms with E-state index in [9.17, 15) is 0 Å². The largest absolute Gasteiger partial charge is 0.285 e. The Bertz CT molecular complexity index is 124. The van der Waals surface area contributed by atoms with E-state index < -0.39 is 0 Å². The van der Waals surface area contributed by atoms with Gasteiger partial charge in [0.05, 0.1) is 11.6 Å². The average Bonchev–Trinajstić information content (AvgIpc) is 2.14. The van der Waals surface area contributed by atoms with Crippen molar-refractivity contribution in [2.75, 3.05) is 0 Å². The first kappa shape index (κ1) is 4.65. The molecule has 1 radical (unpaired) electrons. The lowest BCUT2D eigenvalue weighted by atomic mass is 10.5. The fourth-order valence-electron chi connectivity index (χ4n) is 0.332. The van der Waals surface area contributed by atoms with E-state index in [2.05, 4.69) is 10.2 Å². The second kappa shape index (κ2) is 1.98. The second-order valence-corrected chi connectivity index (χ2v) is 1.33. The molecule has 0 aromatic carbocycles. The van der Waals surface area contributed by atoms with Gasteiger partial charge in [-0.3, -0.25) is 5.10 Å². The van der Waals surface area contributed by atoms with Crippen LogP contribution in [-0.4, -0.2) is 10.2 Å². The van der Waals surface area contributed by atoms with Crippen molar-refractivity contribution in [1.82, 2.24) is 10.2 Å². The topological polar surface area (TPSA) is 28.7 Å². The maximum Gasteiger partial charge on any atom is 0.0995 e. The summed E-state index contributed by atoms with van der Waals surface area (Å²) >= 11 is 5.26. The number of hydrogen-bond donors (Lipinski definition) is 1. The predicted octanol–water partition coefficient (Wildman–Crippen LogP) is 1.16. The Morgan fingerprint density at radius 2 is 2.71 bits per heavy atom. The highest BCUT2D eigenvalue weighted by molar-refractivity contribution is 6.24. The molecule has 0 saturated carbocycles. The summed E-state index contributed by atoms with van der Waals surface area (Å²) in [5.41, 5.74) is 0.765. The summed E-state index contributed by atoms with van der Waals surface area (Å²) in [5, 5.41) is 6.34. The van der Waals surface area contributed by atoms with E-state index in [-0.39, 0.29) is 0 Å². The maximum atomic E-state index is 5.26. The highest BCUT2D eigenvalue weighted by Crippen LogP contribution is 1.97. The van der Waals surface area contributed by atoms with E-state index in [1.807, 2.05) is 0 Å². The molecule has 1 aromatic heterocycles. The van der Waals surface area contributed by atoms with Gasteiger partial charge in [-0.15, -0.1) is 11.6 Å². The second-order valence-electron chi connectivity index (χ2n) is 1.11. The van der Waals surface area contributed by atoms with E-state index in [1.165, 1.54) is 5.88 Å². The predicted molar refractivity (Wildman–Crippen MR) is 27.8 cm³/mol. The molecule has 0 fully saturated rings. The van der Waals surface area contributed by atoms with Crippen molar-refractivity contribution in [3.05, 3.63) is 23.8 Å². The van der Waals surface area contributed by atoms with E-state index in [4.69, 9.17) is 11.6 Å². The number of nitrogens with one attached hydrogen (secondary N) is 1. The van der Waals surface area contributed by atoms with Crippen LogP contribution >= 0.6 is 11.6 Å². The van der Waals surface area contributed by atoms with Crippen LogP contribution in [0.2, 0.25) is 0 Å². The number of halogens is 1. The molecule has 0 unspecified atom stereocenters. The lowest BCUT2D eigenvalue weighted by molar-refractivity contribution is 1.07. The first-order valence-corrected chi connectivity index (χ1v) is 2.30. The van der Waals surface area contributed by atoms with Crippen LogP contribution in [0.4, 0.5) is 0 Å². The van der Waals surface area contributed by atoms with Crippen LogP contribution in [-0.2, 0) is 0 Å². The Hall–Kier alpha value is -0.500. The van der Waals surface area contributed by atoms with Gasteiger partial charge < -0.3 is 0 Å². The molecule has 0 aliphatic carbocycles. The number of aromatic nitrogens is 2. The molecule has 0 amide bonds. The number of rotatable bonds is 1. The quantitative estimate of drug-likeness (QED) is 0.585. The van der Waals surface area contributed by atoms with Crippen molar-refractivity contribution in [1.29, 1.82) is 0 Å². The third kappa shape index (κ3) is 0.933. The highest BCUT2D eigenvalue weighted by atomic mass is 35.5. The van der Waals surface area contributed by atoms with E-state index >= 15 is 0 Å². The summed E-state index contributed by atoms with van der Waals surface area (Å²) < 4.78 is 0. The van der Waals surface area contributed by atoms with Crippen LogP contribution in [0.25, 0.3) is 0 Å². The molecule has 7 heavy (non-hydrogen) atoms. The molecule has 37 valence electrons. The Kier molecular flexibility index (Phi) is 1.32. The number of aromatic amines is 1. The van der Waals surface area contributed by atoms with Crippen LogP contribution in [0.5, 0.6) is 0 Å². The number of H-pyrrole nitrogens is 1. The summed E-state index contributed by atoms with van der Waals surface area (Å²) in [7, 11) is 0. The van der Waals surface area contributed by atoms with Gasteiger partial charge in [0.15, 0.2) is 0 Å². The first-order chi connectivity index (χ1) is 3.43. The van der Waals surface area contributed by atoms with Gasteiger partial charge in [-0.2, -0.15) is 5.10 Å². The van der Waals surface area contributed by atoms with Gasteiger partial charge in [-0.25, -0.2) is 0 Å². The van der Waals surface area contributed by atoms with Gasteiger partial charge in [0.1, 0.15) is 0 Å². The summed E-state index contributed by atoms with van der Waals surface area (Å²) in [5.74, 6) is 1.41. The van der Waals surface area contributed by atoms with Gasteiger partial charge in [0, 0.05) is 6.20 Å². The molecule has 3 heteroatoms. The molecule has 0 saturated heterocycles. The van der Waals surface area contributed by atoms with Gasteiger partial charge >= 0.3 is 0 Å². The molecule has 1 rings (SSSR count). The molecule has 0 bridgehead atoms. The summed E-state index contributed by atoms with van der Waals surface area (Å²) in [4.78, 5) is 0. The molecular formula is C4H4ClN2. The van der Waals surface area contributed by atoms with E-state index in [0.717, 1.165) is 5.69 Å². The minimum atomic E-state index is 0.765.